The summed E-state index contributed by atoms with van der Waals surface area (Å²) in [5, 5.41) is 2.99. The number of hydrogen-bond donors (Lipinski definition) is 1. The standard InChI is InChI=1S/C20H30N4O3/c1-5-7-20(18(25)27-6-2)8-11-23(12-9-20)19(26)22-14-16(3)15-24-13-10-21-17(24)4/h1,10,13,16H,6-9,11-12,14-15H2,2-4H3,(H,22,26). The first kappa shape index (κ1) is 20.8. The number of aromatic nitrogens is 2. The van der Waals surface area contributed by atoms with Gasteiger partial charge in [0.25, 0.3) is 0 Å². The molecule has 0 aromatic carbocycles. The van der Waals surface area contributed by atoms with Crippen molar-refractivity contribution >= 4 is 12.0 Å². The minimum Gasteiger partial charge on any atom is -0.466 e. The van der Waals surface area contributed by atoms with Crippen LogP contribution >= 0.6 is 0 Å². The van der Waals surface area contributed by atoms with Crippen molar-refractivity contribution in [3.63, 3.8) is 0 Å². The van der Waals surface area contributed by atoms with E-state index in [4.69, 9.17) is 11.2 Å². The second-order valence-corrected chi connectivity index (χ2v) is 7.29. The van der Waals surface area contributed by atoms with Crippen LogP contribution in [0, 0.1) is 30.6 Å². The fraction of sp³-hybridized carbons (Fsp3) is 0.650. The van der Waals surface area contributed by atoms with E-state index in [1.807, 2.05) is 13.1 Å². The molecule has 1 fully saturated rings. The molecule has 0 saturated carbocycles. The Morgan fingerprint density at radius 3 is 2.70 bits per heavy atom. The van der Waals surface area contributed by atoms with Gasteiger partial charge in [0.05, 0.1) is 12.0 Å². The van der Waals surface area contributed by atoms with Crippen molar-refractivity contribution in [2.75, 3.05) is 26.2 Å². The Hall–Kier alpha value is -2.49. The van der Waals surface area contributed by atoms with Crippen LogP contribution in [0.4, 0.5) is 4.79 Å². The van der Waals surface area contributed by atoms with Crippen molar-refractivity contribution in [1.29, 1.82) is 0 Å². The number of amides is 2. The van der Waals surface area contributed by atoms with Gasteiger partial charge >= 0.3 is 12.0 Å². The van der Waals surface area contributed by atoms with Crippen LogP contribution in [0.1, 0.15) is 38.9 Å². The summed E-state index contributed by atoms with van der Waals surface area (Å²) in [5.41, 5.74) is -0.659. The van der Waals surface area contributed by atoms with Gasteiger partial charge in [0.1, 0.15) is 5.82 Å². The fourth-order valence-electron chi connectivity index (χ4n) is 3.44. The van der Waals surface area contributed by atoms with Crippen molar-refractivity contribution < 1.29 is 14.3 Å². The average Bonchev–Trinajstić information content (AvgIpc) is 3.05. The second-order valence-electron chi connectivity index (χ2n) is 7.29. The van der Waals surface area contributed by atoms with Gasteiger partial charge < -0.3 is 19.5 Å². The zero-order valence-electron chi connectivity index (χ0n) is 16.5. The Labute approximate surface area is 161 Å². The second kappa shape index (κ2) is 9.45. The highest BCUT2D eigenvalue weighted by Gasteiger charge is 2.42. The number of imidazole rings is 1. The summed E-state index contributed by atoms with van der Waals surface area (Å²) in [4.78, 5) is 30.8. The van der Waals surface area contributed by atoms with E-state index >= 15 is 0 Å². The van der Waals surface area contributed by atoms with Crippen molar-refractivity contribution in [2.45, 2.75) is 46.6 Å². The zero-order chi connectivity index (χ0) is 19.9. The van der Waals surface area contributed by atoms with Gasteiger partial charge in [-0.1, -0.05) is 6.92 Å². The number of hydrogen-bond acceptors (Lipinski definition) is 4. The maximum Gasteiger partial charge on any atom is 0.317 e. The molecule has 1 saturated heterocycles. The molecule has 0 bridgehead atoms. The third-order valence-electron chi connectivity index (χ3n) is 5.19. The number of nitrogens with one attached hydrogen (secondary N) is 1. The first-order chi connectivity index (χ1) is 12.9. The fourth-order valence-corrected chi connectivity index (χ4v) is 3.44. The molecule has 1 aliphatic rings. The number of terminal acetylenes is 1. The van der Waals surface area contributed by atoms with Gasteiger partial charge in [0.15, 0.2) is 0 Å². The number of nitrogens with zero attached hydrogens (tertiary/aromatic N) is 3. The first-order valence-electron chi connectivity index (χ1n) is 9.53. The summed E-state index contributed by atoms with van der Waals surface area (Å²) in [5.74, 6) is 3.61. The van der Waals surface area contributed by atoms with Crippen molar-refractivity contribution in [1.82, 2.24) is 19.8 Å². The van der Waals surface area contributed by atoms with E-state index in [0.29, 0.717) is 45.5 Å². The summed E-state index contributed by atoms with van der Waals surface area (Å²) < 4.78 is 7.29. The highest BCUT2D eigenvalue weighted by Crippen LogP contribution is 2.36. The summed E-state index contributed by atoms with van der Waals surface area (Å²) in [6.07, 6.45) is 10.6. The molecule has 7 nitrogen and oxygen atoms in total. The van der Waals surface area contributed by atoms with Crippen LogP contribution in [0.2, 0.25) is 0 Å². The van der Waals surface area contributed by atoms with E-state index in [2.05, 4.69) is 27.7 Å². The summed E-state index contributed by atoms with van der Waals surface area (Å²) in [6.45, 7) is 8.57. The molecule has 1 unspecified atom stereocenters. The lowest BCUT2D eigenvalue weighted by molar-refractivity contribution is -0.157. The molecule has 27 heavy (non-hydrogen) atoms. The monoisotopic (exact) mass is 374 g/mol. The van der Waals surface area contributed by atoms with Crippen molar-refractivity contribution in [3.05, 3.63) is 18.2 Å². The van der Waals surface area contributed by atoms with E-state index in [-0.39, 0.29) is 17.9 Å². The Morgan fingerprint density at radius 2 is 2.15 bits per heavy atom. The van der Waals surface area contributed by atoms with Crippen LogP contribution in [0.5, 0.6) is 0 Å². The molecule has 1 aromatic rings. The third-order valence-corrected chi connectivity index (χ3v) is 5.19. The largest absolute Gasteiger partial charge is 0.466 e. The smallest absolute Gasteiger partial charge is 0.317 e. The number of carbonyl (C=O) groups excluding carboxylic acids is 2. The number of urea groups is 1. The molecular weight excluding hydrogens is 344 g/mol. The number of likely N-dealkylation sites (tertiary alicyclic amines) is 1. The number of carbonyl (C=O) groups is 2. The lowest BCUT2D eigenvalue weighted by Gasteiger charge is -2.39. The van der Waals surface area contributed by atoms with Gasteiger partial charge in [-0.25, -0.2) is 9.78 Å². The van der Waals surface area contributed by atoms with Crippen molar-refractivity contribution in [3.8, 4) is 12.3 Å². The molecule has 7 heteroatoms. The molecule has 1 N–H and O–H groups in total. The minimum atomic E-state index is -0.659. The first-order valence-corrected chi connectivity index (χ1v) is 9.53. The third kappa shape index (κ3) is 5.25. The highest BCUT2D eigenvalue weighted by atomic mass is 16.5. The van der Waals surface area contributed by atoms with Gasteiger partial charge in [-0.3, -0.25) is 4.79 Å². The SMILES string of the molecule is C#CCC1(C(=O)OCC)CCN(C(=O)NCC(C)Cn2ccnc2C)CC1. The number of rotatable bonds is 7. The van der Waals surface area contributed by atoms with E-state index in [9.17, 15) is 9.59 Å². The van der Waals surface area contributed by atoms with E-state index < -0.39 is 5.41 Å². The number of aryl methyl sites for hydroxylation is 1. The topological polar surface area (TPSA) is 76.5 Å². The maximum atomic E-state index is 12.5. The summed E-state index contributed by atoms with van der Waals surface area (Å²) >= 11 is 0. The summed E-state index contributed by atoms with van der Waals surface area (Å²) in [7, 11) is 0. The van der Waals surface area contributed by atoms with Crippen LogP contribution in [0.25, 0.3) is 0 Å². The number of piperidine rings is 1. The Morgan fingerprint density at radius 1 is 1.44 bits per heavy atom. The minimum absolute atomic E-state index is 0.0950. The van der Waals surface area contributed by atoms with Crippen LogP contribution in [0.15, 0.2) is 12.4 Å². The van der Waals surface area contributed by atoms with Gasteiger partial charge in [0.2, 0.25) is 0 Å². The molecule has 0 aliphatic carbocycles. The van der Waals surface area contributed by atoms with Crippen LogP contribution in [-0.4, -0.2) is 52.7 Å². The van der Waals surface area contributed by atoms with Gasteiger partial charge in [-0.15, -0.1) is 12.3 Å². The number of ether oxygens (including phenoxy) is 1. The molecule has 2 heterocycles. The molecule has 0 radical (unpaired) electrons. The quantitative estimate of drug-likeness (QED) is 0.586. The van der Waals surface area contributed by atoms with E-state index in [0.717, 1.165) is 12.4 Å². The van der Waals surface area contributed by atoms with Gasteiger partial charge in [-0.05, 0) is 32.6 Å². The van der Waals surface area contributed by atoms with Gasteiger partial charge in [-0.2, -0.15) is 0 Å². The molecule has 148 valence electrons. The predicted octanol–water partition coefficient (Wildman–Crippen LogP) is 2.21. The van der Waals surface area contributed by atoms with E-state index in [1.54, 1.807) is 18.0 Å². The molecule has 1 atom stereocenters. The van der Waals surface area contributed by atoms with Gasteiger partial charge in [0, 0.05) is 45.0 Å². The number of esters is 1. The van der Waals surface area contributed by atoms with Crippen LogP contribution in [-0.2, 0) is 16.1 Å². The van der Waals surface area contributed by atoms with Crippen LogP contribution < -0.4 is 5.32 Å². The molecule has 1 aliphatic heterocycles. The molecular formula is C20H30N4O3. The van der Waals surface area contributed by atoms with E-state index in [1.165, 1.54) is 0 Å². The molecule has 1 aromatic heterocycles. The van der Waals surface area contributed by atoms with Crippen LogP contribution in [0.3, 0.4) is 0 Å². The Bertz CT molecular complexity index is 684. The maximum absolute atomic E-state index is 12.5. The Balaban J connectivity index is 1.82. The van der Waals surface area contributed by atoms with Crippen molar-refractivity contribution in [2.24, 2.45) is 11.3 Å². The molecule has 2 amide bonds. The highest BCUT2D eigenvalue weighted by molar-refractivity contribution is 5.79. The molecule has 0 spiro atoms. The molecule has 2 rings (SSSR count). The lowest BCUT2D eigenvalue weighted by Crippen LogP contribution is -2.50. The average molecular weight is 374 g/mol. The Kier molecular flexibility index (Phi) is 7.28. The zero-order valence-corrected chi connectivity index (χ0v) is 16.5. The normalized spacial score (nSPS) is 17.0. The predicted molar refractivity (Wildman–Crippen MR) is 103 cm³/mol. The summed E-state index contributed by atoms with van der Waals surface area (Å²) in [6, 6.07) is -0.0950. The lowest BCUT2D eigenvalue weighted by atomic mass is 9.76.